The van der Waals surface area contributed by atoms with Gasteiger partial charge in [-0.25, -0.2) is 8.42 Å². The normalized spacial score (nSPS) is 11.9. The van der Waals surface area contributed by atoms with E-state index in [0.717, 1.165) is 35.0 Å². The van der Waals surface area contributed by atoms with E-state index in [4.69, 9.17) is 11.6 Å². The summed E-state index contributed by atoms with van der Waals surface area (Å²) in [5.41, 5.74) is 1.14. The van der Waals surface area contributed by atoms with Crippen LogP contribution in [0, 0.1) is 10.1 Å². The molecular weight excluding hydrogens is 568 g/mol. The number of nitro groups is 1. The highest BCUT2D eigenvalue weighted by Crippen LogP contribution is 2.24. The molecule has 3 aromatic carbocycles. The number of sulfonamides is 1. The molecule has 0 saturated heterocycles. The van der Waals surface area contributed by atoms with Gasteiger partial charge in [0.15, 0.2) is 0 Å². The molecule has 0 saturated carbocycles. The molecule has 0 fully saturated rings. The van der Waals surface area contributed by atoms with E-state index in [9.17, 15) is 28.1 Å². The molecular formula is C29H33ClN4O6S. The fourth-order valence-electron chi connectivity index (χ4n) is 4.22. The number of amides is 2. The van der Waals surface area contributed by atoms with Crippen LogP contribution in [0.3, 0.4) is 0 Å². The number of unbranched alkanes of at least 4 members (excludes halogenated alkanes) is 1. The van der Waals surface area contributed by atoms with Crippen molar-refractivity contribution in [2.24, 2.45) is 0 Å². The molecule has 0 aromatic heterocycles. The van der Waals surface area contributed by atoms with Crippen LogP contribution in [0.5, 0.6) is 0 Å². The number of carbonyl (C=O) groups excluding carboxylic acids is 2. The Hall–Kier alpha value is -3.96. The number of nitrogens with zero attached hydrogens (tertiary/aromatic N) is 3. The third-order valence-electron chi connectivity index (χ3n) is 6.37. The quantitative estimate of drug-likeness (QED) is 0.164. The molecule has 0 aliphatic heterocycles. The first-order valence-corrected chi connectivity index (χ1v) is 15.3. The van der Waals surface area contributed by atoms with Crippen LogP contribution in [0.1, 0.15) is 30.9 Å². The highest BCUT2D eigenvalue weighted by Gasteiger charge is 2.33. The van der Waals surface area contributed by atoms with Gasteiger partial charge in [-0.2, -0.15) is 0 Å². The fraction of sp³-hybridized carbons (Fsp3) is 0.310. The maximum absolute atomic E-state index is 14.0. The number of nitrogens with one attached hydrogen (secondary N) is 1. The van der Waals surface area contributed by atoms with E-state index in [-0.39, 0.29) is 30.2 Å². The molecule has 41 heavy (non-hydrogen) atoms. The Balaban J connectivity index is 2.04. The predicted molar refractivity (Wildman–Crippen MR) is 159 cm³/mol. The van der Waals surface area contributed by atoms with Gasteiger partial charge in [-0.15, -0.1) is 0 Å². The van der Waals surface area contributed by atoms with Crippen LogP contribution in [-0.4, -0.2) is 55.4 Å². The summed E-state index contributed by atoms with van der Waals surface area (Å²) in [6, 6.07) is 20.1. The van der Waals surface area contributed by atoms with Gasteiger partial charge >= 0.3 is 0 Å². The molecule has 12 heteroatoms. The molecule has 3 rings (SSSR count). The van der Waals surface area contributed by atoms with E-state index in [1.165, 1.54) is 23.1 Å². The van der Waals surface area contributed by atoms with Crippen LogP contribution in [0.15, 0.2) is 78.9 Å². The molecule has 0 heterocycles. The zero-order valence-corrected chi connectivity index (χ0v) is 24.5. The summed E-state index contributed by atoms with van der Waals surface area (Å²) in [6.07, 6.45) is 2.72. The Labute approximate surface area is 245 Å². The average molecular weight is 601 g/mol. The minimum atomic E-state index is -4.04. The van der Waals surface area contributed by atoms with Crippen molar-refractivity contribution in [3.63, 3.8) is 0 Å². The average Bonchev–Trinajstić information content (AvgIpc) is 2.94. The largest absolute Gasteiger partial charge is 0.354 e. The Morgan fingerprint density at radius 2 is 1.68 bits per heavy atom. The maximum Gasteiger partial charge on any atom is 0.271 e. The molecule has 0 radical (unpaired) electrons. The van der Waals surface area contributed by atoms with E-state index < -0.39 is 33.4 Å². The Bertz CT molecular complexity index is 1450. The molecule has 2 amide bonds. The third kappa shape index (κ3) is 9.29. The molecule has 1 N–H and O–H groups in total. The van der Waals surface area contributed by atoms with Gasteiger partial charge in [0.25, 0.3) is 5.69 Å². The van der Waals surface area contributed by atoms with Crippen LogP contribution in [0.2, 0.25) is 5.02 Å². The van der Waals surface area contributed by atoms with Crippen molar-refractivity contribution in [2.75, 3.05) is 23.7 Å². The van der Waals surface area contributed by atoms with Gasteiger partial charge in [0.1, 0.15) is 12.6 Å². The summed E-state index contributed by atoms with van der Waals surface area (Å²) < 4.78 is 26.5. The van der Waals surface area contributed by atoms with Crippen LogP contribution in [0.25, 0.3) is 0 Å². The van der Waals surface area contributed by atoms with Gasteiger partial charge < -0.3 is 10.2 Å². The third-order valence-corrected chi connectivity index (χ3v) is 7.77. The van der Waals surface area contributed by atoms with Gasteiger partial charge in [-0.1, -0.05) is 73.5 Å². The number of hydrogen-bond acceptors (Lipinski definition) is 6. The zero-order valence-electron chi connectivity index (χ0n) is 22.9. The number of carbonyl (C=O) groups is 2. The smallest absolute Gasteiger partial charge is 0.271 e. The minimum Gasteiger partial charge on any atom is -0.354 e. The van der Waals surface area contributed by atoms with Crippen molar-refractivity contribution in [1.82, 2.24) is 10.2 Å². The van der Waals surface area contributed by atoms with Gasteiger partial charge in [-0.05, 0) is 35.7 Å². The number of rotatable bonds is 14. The van der Waals surface area contributed by atoms with Gasteiger partial charge in [0.05, 0.1) is 16.9 Å². The second-order valence-electron chi connectivity index (χ2n) is 9.54. The number of anilines is 1. The SMILES string of the molecule is CCCCNC(=O)[C@@H](Cc1ccccc1)N(Cc1ccc(Cl)cc1)C(=O)CN(c1cccc([N+](=O)[O-])c1)S(C)(=O)=O. The highest BCUT2D eigenvalue weighted by molar-refractivity contribution is 7.92. The maximum atomic E-state index is 14.0. The molecule has 0 bridgehead atoms. The van der Waals surface area contributed by atoms with E-state index in [0.29, 0.717) is 17.1 Å². The Kier molecular flexibility index (Phi) is 11.2. The first kappa shape index (κ1) is 31.6. The molecule has 0 spiro atoms. The molecule has 218 valence electrons. The van der Waals surface area contributed by atoms with Gasteiger partial charge in [-0.3, -0.25) is 24.0 Å². The van der Waals surface area contributed by atoms with Gasteiger partial charge in [0, 0.05) is 36.7 Å². The Morgan fingerprint density at radius 3 is 2.29 bits per heavy atom. The van der Waals surface area contributed by atoms with Crippen LogP contribution >= 0.6 is 11.6 Å². The minimum absolute atomic E-state index is 0.00123. The molecule has 0 aliphatic rings. The van der Waals surface area contributed by atoms with E-state index in [2.05, 4.69) is 5.32 Å². The van der Waals surface area contributed by atoms with Crippen molar-refractivity contribution in [3.05, 3.63) is 105 Å². The number of hydrogen-bond donors (Lipinski definition) is 1. The number of nitro benzene ring substituents is 1. The van der Waals surface area contributed by atoms with Crippen molar-refractivity contribution < 1.29 is 22.9 Å². The number of halogens is 1. The van der Waals surface area contributed by atoms with Crippen LogP contribution in [-0.2, 0) is 32.6 Å². The van der Waals surface area contributed by atoms with Gasteiger partial charge in [0.2, 0.25) is 21.8 Å². The summed E-state index contributed by atoms with van der Waals surface area (Å²) in [6.45, 7) is 1.76. The van der Waals surface area contributed by atoms with Crippen molar-refractivity contribution in [3.8, 4) is 0 Å². The van der Waals surface area contributed by atoms with Crippen LogP contribution in [0.4, 0.5) is 11.4 Å². The second kappa shape index (κ2) is 14.6. The van der Waals surface area contributed by atoms with Crippen molar-refractivity contribution >= 4 is 44.8 Å². The lowest BCUT2D eigenvalue weighted by molar-refractivity contribution is -0.384. The first-order chi connectivity index (χ1) is 19.5. The second-order valence-corrected chi connectivity index (χ2v) is 11.9. The van der Waals surface area contributed by atoms with Crippen molar-refractivity contribution in [2.45, 2.75) is 38.8 Å². The molecule has 10 nitrogen and oxygen atoms in total. The van der Waals surface area contributed by atoms with E-state index in [1.54, 1.807) is 24.3 Å². The predicted octanol–water partition coefficient (Wildman–Crippen LogP) is 4.57. The lowest BCUT2D eigenvalue weighted by Gasteiger charge is -2.33. The molecule has 0 aliphatic carbocycles. The monoisotopic (exact) mass is 600 g/mol. The van der Waals surface area contributed by atoms with E-state index in [1.807, 2.05) is 37.3 Å². The van der Waals surface area contributed by atoms with Crippen LogP contribution < -0.4 is 9.62 Å². The zero-order chi connectivity index (χ0) is 30.0. The number of non-ortho nitro benzene ring substituents is 1. The van der Waals surface area contributed by atoms with E-state index >= 15 is 0 Å². The molecule has 3 aromatic rings. The lowest BCUT2D eigenvalue weighted by Crippen LogP contribution is -2.53. The summed E-state index contributed by atoms with van der Waals surface area (Å²) in [4.78, 5) is 39.6. The highest BCUT2D eigenvalue weighted by atomic mass is 35.5. The summed E-state index contributed by atoms with van der Waals surface area (Å²) in [7, 11) is -4.04. The lowest BCUT2D eigenvalue weighted by atomic mass is 10.0. The number of benzene rings is 3. The fourth-order valence-corrected chi connectivity index (χ4v) is 5.19. The molecule has 1 atom stereocenters. The summed E-state index contributed by atoms with van der Waals surface area (Å²) in [5, 5.41) is 14.7. The van der Waals surface area contributed by atoms with Crippen molar-refractivity contribution in [1.29, 1.82) is 0 Å². The summed E-state index contributed by atoms with van der Waals surface area (Å²) >= 11 is 6.06. The topological polar surface area (TPSA) is 130 Å². The first-order valence-electron chi connectivity index (χ1n) is 13.1. The standard InChI is InChI=1S/C29H33ClN4O6S/c1-3-4-17-31-29(36)27(18-22-9-6-5-7-10-22)32(20-23-13-15-24(30)16-14-23)28(35)21-33(41(2,39)40)25-11-8-12-26(19-25)34(37)38/h5-16,19,27H,3-4,17-18,20-21H2,1-2H3,(H,31,36)/t27-/m1/s1. The summed E-state index contributed by atoms with van der Waals surface area (Å²) in [5.74, 6) is -1.02. The molecule has 0 unspecified atom stereocenters. The Morgan fingerprint density at radius 1 is 1.00 bits per heavy atom.